The molecular weight excluding hydrogens is 492 g/mol. The number of piperidine rings is 1. The maximum atomic E-state index is 5.28. The van der Waals surface area contributed by atoms with E-state index in [2.05, 4.69) is 84.4 Å². The zero-order valence-corrected chi connectivity index (χ0v) is 24.8. The van der Waals surface area contributed by atoms with Crippen LogP contribution in [-0.2, 0) is 0 Å². The summed E-state index contributed by atoms with van der Waals surface area (Å²) in [5.41, 5.74) is 8.11. The average molecular weight is 535 g/mol. The third kappa shape index (κ3) is 4.32. The van der Waals surface area contributed by atoms with E-state index in [9.17, 15) is 0 Å². The fraction of sp³-hybridized carbons (Fsp3) is 0.621. The van der Waals surface area contributed by atoms with Crippen molar-refractivity contribution in [3.05, 3.63) is 29.2 Å². The average Bonchev–Trinajstić information content (AvgIpc) is 3.60. The van der Waals surface area contributed by atoms with Crippen molar-refractivity contribution in [2.24, 2.45) is 0 Å². The highest BCUT2D eigenvalue weighted by Crippen LogP contribution is 2.41. The van der Waals surface area contributed by atoms with Crippen LogP contribution in [0.25, 0.3) is 27.3 Å². The van der Waals surface area contributed by atoms with Gasteiger partial charge in [-0.3, -0.25) is 4.90 Å². The van der Waals surface area contributed by atoms with Gasteiger partial charge in [0.25, 0.3) is 0 Å². The van der Waals surface area contributed by atoms with Crippen LogP contribution in [0.4, 0.5) is 5.13 Å². The van der Waals surface area contributed by atoms with Gasteiger partial charge < -0.3 is 14.8 Å². The Bertz CT molecular complexity index is 1440. The van der Waals surface area contributed by atoms with E-state index >= 15 is 0 Å². The van der Waals surface area contributed by atoms with E-state index in [-0.39, 0.29) is 0 Å². The van der Waals surface area contributed by atoms with Gasteiger partial charge >= 0.3 is 0 Å². The van der Waals surface area contributed by atoms with Crippen LogP contribution in [-0.4, -0.2) is 85.2 Å². The van der Waals surface area contributed by atoms with Crippen molar-refractivity contribution in [1.82, 2.24) is 34.4 Å². The van der Waals surface area contributed by atoms with Crippen molar-refractivity contribution in [2.75, 3.05) is 37.6 Å². The first-order chi connectivity index (χ1) is 18.2. The van der Waals surface area contributed by atoms with E-state index in [1.165, 1.54) is 58.7 Å². The second-order valence-electron chi connectivity index (χ2n) is 12.0. The molecule has 4 aromatic heterocycles. The number of aryl methyl sites for hydroxylation is 1. The van der Waals surface area contributed by atoms with Crippen LogP contribution in [0.15, 0.2) is 12.5 Å². The zero-order valence-electron chi connectivity index (χ0n) is 24.0. The minimum Gasteiger partial charge on any atom is -0.344 e. The second-order valence-corrected chi connectivity index (χ2v) is 12.9. The lowest BCUT2D eigenvalue weighted by atomic mass is 9.96. The topological polar surface area (TPSA) is 68.6 Å². The van der Waals surface area contributed by atoms with Crippen LogP contribution in [0.5, 0.6) is 0 Å². The van der Waals surface area contributed by atoms with Gasteiger partial charge in [-0.1, -0.05) is 25.2 Å². The van der Waals surface area contributed by atoms with Gasteiger partial charge in [0.05, 0.1) is 5.69 Å². The van der Waals surface area contributed by atoms with Gasteiger partial charge in [0.1, 0.15) is 16.7 Å². The predicted octanol–water partition coefficient (Wildman–Crippen LogP) is 5.46. The number of aromatic nitrogens is 5. The van der Waals surface area contributed by atoms with Crippen LogP contribution in [0.3, 0.4) is 0 Å². The van der Waals surface area contributed by atoms with E-state index < -0.39 is 0 Å². The second kappa shape index (κ2) is 9.92. The Labute approximate surface area is 230 Å². The van der Waals surface area contributed by atoms with Gasteiger partial charge in [0, 0.05) is 55.1 Å². The van der Waals surface area contributed by atoms with Gasteiger partial charge in [-0.2, -0.15) is 5.10 Å². The third-order valence-corrected chi connectivity index (χ3v) is 10.0. The summed E-state index contributed by atoms with van der Waals surface area (Å²) in [4.78, 5) is 22.6. The molecule has 0 unspecified atom stereocenters. The largest absolute Gasteiger partial charge is 0.344 e. The number of nitrogens with one attached hydrogen (secondary N) is 1. The molecule has 0 aromatic carbocycles. The Kier molecular flexibility index (Phi) is 6.73. The quantitative estimate of drug-likeness (QED) is 0.367. The lowest BCUT2D eigenvalue weighted by molar-refractivity contribution is 0.0805. The summed E-state index contributed by atoms with van der Waals surface area (Å²) in [6.07, 6.45) is 6.33. The molecule has 0 spiro atoms. The number of nitrogens with zero attached hydrogens (tertiary/aromatic N) is 7. The van der Waals surface area contributed by atoms with Gasteiger partial charge in [0.15, 0.2) is 10.8 Å². The maximum Gasteiger partial charge on any atom is 0.188 e. The number of hydrogen-bond donors (Lipinski definition) is 1. The predicted molar refractivity (Wildman–Crippen MR) is 158 cm³/mol. The maximum absolute atomic E-state index is 5.28. The summed E-state index contributed by atoms with van der Waals surface area (Å²) in [7, 11) is 0. The molecule has 1 atom stereocenters. The highest BCUT2D eigenvalue weighted by Gasteiger charge is 2.33. The van der Waals surface area contributed by atoms with E-state index in [1.807, 2.05) is 15.9 Å². The van der Waals surface area contributed by atoms with E-state index in [0.29, 0.717) is 18.0 Å². The number of fused-ring (bicyclic) bond motifs is 2. The standard InChI is InChI=1S/C29H42N8S/c1-17(2)24-25(23-15-37-27(30-16-31-37)21(7)20(23)6)32-28-26(24)33-29(38-28)36-13-12-35(14-19(36)5)22-8-10-34(11-9-22)18(3)4/h15-19,22,32H,8-14H2,1-7H3/t19-/m1/s1. The molecule has 8 nitrogen and oxygen atoms in total. The number of H-pyrrole nitrogens is 1. The van der Waals surface area contributed by atoms with E-state index in [1.54, 1.807) is 6.33 Å². The minimum absolute atomic E-state index is 0.353. The van der Waals surface area contributed by atoms with Crippen LogP contribution in [0.2, 0.25) is 0 Å². The van der Waals surface area contributed by atoms with Gasteiger partial charge in [-0.25, -0.2) is 14.5 Å². The van der Waals surface area contributed by atoms with Gasteiger partial charge in [-0.05, 0) is 77.6 Å². The number of hydrogen-bond acceptors (Lipinski definition) is 7. The van der Waals surface area contributed by atoms with E-state index in [4.69, 9.17) is 4.98 Å². The smallest absolute Gasteiger partial charge is 0.188 e. The molecule has 2 aliphatic heterocycles. The molecule has 4 aromatic rings. The molecular formula is C29H42N8S. The van der Waals surface area contributed by atoms with E-state index in [0.717, 1.165) is 42.0 Å². The fourth-order valence-electron chi connectivity index (χ4n) is 6.60. The number of piperazine rings is 1. The first kappa shape index (κ1) is 25.8. The van der Waals surface area contributed by atoms with Crippen LogP contribution in [0, 0.1) is 13.8 Å². The summed E-state index contributed by atoms with van der Waals surface area (Å²) in [6, 6.07) is 1.85. The van der Waals surface area contributed by atoms with Crippen molar-refractivity contribution >= 4 is 32.5 Å². The number of likely N-dealkylation sites (tertiary alicyclic amines) is 1. The normalized spacial score (nSPS) is 20.7. The molecule has 0 bridgehead atoms. The van der Waals surface area contributed by atoms with Crippen molar-refractivity contribution in [1.29, 1.82) is 0 Å². The first-order valence-corrected chi connectivity index (χ1v) is 15.1. The summed E-state index contributed by atoms with van der Waals surface area (Å²) < 4.78 is 1.89. The molecule has 0 amide bonds. The lowest BCUT2D eigenvalue weighted by Crippen LogP contribution is -2.57. The molecule has 0 aliphatic carbocycles. The number of aromatic amines is 1. The molecule has 9 heteroatoms. The van der Waals surface area contributed by atoms with Crippen molar-refractivity contribution in [3.63, 3.8) is 0 Å². The highest BCUT2D eigenvalue weighted by atomic mass is 32.1. The molecule has 2 fully saturated rings. The summed E-state index contributed by atoms with van der Waals surface area (Å²) in [5, 5.41) is 5.58. The molecule has 6 rings (SSSR count). The third-order valence-electron chi connectivity index (χ3n) is 9.00. The SMILES string of the molecule is Cc1c(-c2[nH]c3sc(N4CCN(C5CCN(C(C)C)CC5)C[C@H]4C)nc3c2C(C)C)cn2ncnc2c1C. The van der Waals surface area contributed by atoms with Gasteiger partial charge in [-0.15, -0.1) is 0 Å². The highest BCUT2D eigenvalue weighted by molar-refractivity contribution is 7.21. The zero-order chi connectivity index (χ0) is 26.7. The molecule has 2 aliphatic rings. The molecule has 0 radical (unpaired) electrons. The monoisotopic (exact) mass is 534 g/mol. The number of anilines is 1. The van der Waals surface area contributed by atoms with Crippen molar-refractivity contribution in [3.8, 4) is 11.3 Å². The van der Waals surface area contributed by atoms with Crippen LogP contribution in [0.1, 0.15) is 70.1 Å². The number of pyridine rings is 1. The fourth-order valence-corrected chi connectivity index (χ4v) is 7.71. The van der Waals surface area contributed by atoms with Crippen LogP contribution >= 0.6 is 11.3 Å². The Balaban J connectivity index is 1.25. The molecule has 6 heterocycles. The molecule has 204 valence electrons. The molecule has 2 saturated heterocycles. The van der Waals surface area contributed by atoms with Crippen LogP contribution < -0.4 is 4.90 Å². The number of rotatable bonds is 5. The Morgan fingerprint density at radius 3 is 2.47 bits per heavy atom. The summed E-state index contributed by atoms with van der Waals surface area (Å²) >= 11 is 1.81. The Hall–Kier alpha value is -2.49. The molecule has 0 saturated carbocycles. The Morgan fingerprint density at radius 2 is 1.79 bits per heavy atom. The van der Waals surface area contributed by atoms with Gasteiger partial charge in [0.2, 0.25) is 0 Å². The van der Waals surface area contributed by atoms with Crippen molar-refractivity contribution < 1.29 is 0 Å². The van der Waals surface area contributed by atoms with Crippen molar-refractivity contribution in [2.45, 2.75) is 85.4 Å². The lowest BCUT2D eigenvalue weighted by Gasteiger charge is -2.46. The molecule has 1 N–H and O–H groups in total. The minimum atomic E-state index is 0.353. The first-order valence-electron chi connectivity index (χ1n) is 14.3. The molecule has 38 heavy (non-hydrogen) atoms. The Morgan fingerprint density at radius 1 is 1.03 bits per heavy atom. The summed E-state index contributed by atoms with van der Waals surface area (Å²) in [6.45, 7) is 21.6. The summed E-state index contributed by atoms with van der Waals surface area (Å²) in [5.74, 6) is 0.353. The number of thiazole rings is 1.